The predicted octanol–water partition coefficient (Wildman–Crippen LogP) is 6.61. The third-order valence-corrected chi connectivity index (χ3v) is 10.3. The number of rotatable bonds is 2. The van der Waals surface area contributed by atoms with Crippen molar-refractivity contribution in [2.75, 3.05) is 6.61 Å². The fourth-order valence-corrected chi connectivity index (χ4v) is 8.57. The summed E-state index contributed by atoms with van der Waals surface area (Å²) in [6, 6.07) is 0. The molecular weight excluding hydrogens is 349 g/mol. The monoisotopic (exact) mass is 384 g/mol. The second-order valence-corrected chi connectivity index (χ2v) is 11.2. The van der Waals surface area contributed by atoms with Crippen molar-refractivity contribution in [1.82, 2.24) is 0 Å². The quantitative estimate of drug-likeness (QED) is 0.488. The minimum atomic E-state index is -3.99. The van der Waals surface area contributed by atoms with Crippen LogP contribution in [0.25, 0.3) is 0 Å². The summed E-state index contributed by atoms with van der Waals surface area (Å²) in [6.45, 7) is 5.88. The standard InChI is InChI=1S/C23H35F3O/c1-21-9-7-16(23(24,25)26)11-14(21)3-5-18-19-6-4-15(12-17-13-27-17)22(19,2)10-8-20(18)21/h14-20H,3-13H2,1-2H3/t14?,15?,16?,17?,18-,19?,20?,21?,22?/m0/s1. The Morgan fingerprint density at radius 3 is 2.30 bits per heavy atom. The Morgan fingerprint density at radius 2 is 1.59 bits per heavy atom. The number of hydrogen-bond acceptors (Lipinski definition) is 1. The molecule has 0 bridgehead atoms. The van der Waals surface area contributed by atoms with Gasteiger partial charge in [-0.25, -0.2) is 0 Å². The second-order valence-electron chi connectivity index (χ2n) is 11.2. The normalized spacial score (nSPS) is 54.8. The number of hydrogen-bond donors (Lipinski definition) is 0. The van der Waals surface area contributed by atoms with Crippen LogP contribution in [0.3, 0.4) is 0 Å². The van der Waals surface area contributed by atoms with Crippen molar-refractivity contribution in [3.8, 4) is 0 Å². The van der Waals surface area contributed by atoms with Gasteiger partial charge >= 0.3 is 6.18 Å². The largest absolute Gasteiger partial charge is 0.391 e. The maximum Gasteiger partial charge on any atom is 0.391 e. The number of fused-ring (bicyclic) bond motifs is 5. The highest BCUT2D eigenvalue weighted by atomic mass is 19.4. The van der Waals surface area contributed by atoms with Crippen molar-refractivity contribution < 1.29 is 17.9 Å². The number of ether oxygens (including phenoxy) is 1. The van der Waals surface area contributed by atoms with Crippen LogP contribution in [0.15, 0.2) is 0 Å². The van der Waals surface area contributed by atoms with Gasteiger partial charge in [0.05, 0.1) is 18.6 Å². The Hall–Kier alpha value is -0.250. The maximum atomic E-state index is 13.3. The van der Waals surface area contributed by atoms with E-state index in [9.17, 15) is 13.2 Å². The minimum Gasteiger partial charge on any atom is -0.373 e. The van der Waals surface area contributed by atoms with Crippen LogP contribution >= 0.6 is 0 Å². The van der Waals surface area contributed by atoms with Crippen molar-refractivity contribution in [2.45, 2.75) is 90.3 Å². The predicted molar refractivity (Wildman–Crippen MR) is 99.1 cm³/mol. The van der Waals surface area contributed by atoms with E-state index in [-0.39, 0.29) is 5.41 Å². The molecule has 1 heterocycles. The van der Waals surface area contributed by atoms with Gasteiger partial charge in [-0.15, -0.1) is 0 Å². The van der Waals surface area contributed by atoms with Gasteiger partial charge in [0.2, 0.25) is 0 Å². The first-order chi connectivity index (χ1) is 12.7. The summed E-state index contributed by atoms with van der Waals surface area (Å²) in [4.78, 5) is 0. The lowest BCUT2D eigenvalue weighted by Crippen LogP contribution is -2.54. The van der Waals surface area contributed by atoms with Gasteiger partial charge in [-0.3, -0.25) is 0 Å². The van der Waals surface area contributed by atoms with Crippen LogP contribution in [-0.4, -0.2) is 18.9 Å². The molecule has 4 aliphatic carbocycles. The summed E-state index contributed by atoms with van der Waals surface area (Å²) in [5, 5.41) is 0. The molecule has 0 N–H and O–H groups in total. The Bertz CT molecular complexity index is 585. The highest BCUT2D eigenvalue weighted by Gasteiger charge is 2.61. The SMILES string of the molecule is CC12CCC3[C@@H](CCC4CC(C(F)(F)F)CCC43C)C1CCC2CC1CO1. The van der Waals surface area contributed by atoms with E-state index < -0.39 is 12.1 Å². The molecule has 4 heteroatoms. The van der Waals surface area contributed by atoms with E-state index in [4.69, 9.17) is 4.74 Å². The molecule has 8 unspecified atom stereocenters. The Kier molecular flexibility index (Phi) is 4.25. The lowest BCUT2D eigenvalue weighted by Gasteiger charge is -2.61. The van der Waals surface area contributed by atoms with E-state index in [0.717, 1.165) is 37.2 Å². The van der Waals surface area contributed by atoms with Crippen molar-refractivity contribution in [1.29, 1.82) is 0 Å². The van der Waals surface area contributed by atoms with E-state index in [0.29, 0.717) is 36.2 Å². The van der Waals surface area contributed by atoms with Gasteiger partial charge in [0.15, 0.2) is 0 Å². The average Bonchev–Trinajstić information content (AvgIpc) is 3.35. The topological polar surface area (TPSA) is 12.5 Å². The van der Waals surface area contributed by atoms with E-state index in [1.165, 1.54) is 38.5 Å². The lowest BCUT2D eigenvalue weighted by atomic mass is 9.44. The highest BCUT2D eigenvalue weighted by Crippen LogP contribution is 2.68. The first-order valence-corrected chi connectivity index (χ1v) is 11.4. The Balaban J connectivity index is 1.34. The number of halogens is 3. The van der Waals surface area contributed by atoms with E-state index in [1.807, 2.05) is 0 Å². The van der Waals surface area contributed by atoms with Crippen molar-refractivity contribution in [3.05, 3.63) is 0 Å². The zero-order valence-electron chi connectivity index (χ0n) is 16.9. The first kappa shape index (κ1) is 18.8. The van der Waals surface area contributed by atoms with E-state index in [2.05, 4.69) is 13.8 Å². The third kappa shape index (κ3) is 2.90. The summed E-state index contributed by atoms with van der Waals surface area (Å²) in [5.74, 6) is 2.29. The zero-order chi connectivity index (χ0) is 19.0. The summed E-state index contributed by atoms with van der Waals surface area (Å²) in [6.07, 6.45) is 6.79. The summed E-state index contributed by atoms with van der Waals surface area (Å²) >= 11 is 0. The molecule has 1 saturated heterocycles. The van der Waals surface area contributed by atoms with Gasteiger partial charge in [-0.2, -0.15) is 13.2 Å². The molecule has 5 aliphatic rings. The zero-order valence-corrected chi connectivity index (χ0v) is 16.9. The van der Waals surface area contributed by atoms with Crippen molar-refractivity contribution >= 4 is 0 Å². The lowest BCUT2D eigenvalue weighted by molar-refractivity contribution is -0.208. The van der Waals surface area contributed by atoms with Gasteiger partial charge < -0.3 is 4.74 Å². The van der Waals surface area contributed by atoms with E-state index in [1.54, 1.807) is 0 Å². The summed E-state index contributed by atoms with van der Waals surface area (Å²) < 4.78 is 45.5. The molecule has 5 fully saturated rings. The fourth-order valence-electron chi connectivity index (χ4n) is 8.57. The van der Waals surface area contributed by atoms with Gasteiger partial charge in [0.25, 0.3) is 0 Å². The number of alkyl halides is 3. The molecule has 5 rings (SSSR count). The molecule has 154 valence electrons. The summed E-state index contributed by atoms with van der Waals surface area (Å²) in [5.41, 5.74) is 0.614. The Morgan fingerprint density at radius 1 is 0.889 bits per heavy atom. The van der Waals surface area contributed by atoms with Gasteiger partial charge in [-0.1, -0.05) is 13.8 Å². The molecule has 0 radical (unpaired) electrons. The molecule has 0 amide bonds. The maximum absolute atomic E-state index is 13.3. The van der Waals surface area contributed by atoms with E-state index >= 15 is 0 Å². The summed E-state index contributed by atoms with van der Waals surface area (Å²) in [7, 11) is 0. The van der Waals surface area contributed by atoms with Crippen LogP contribution in [-0.2, 0) is 4.74 Å². The number of epoxide rings is 1. The van der Waals surface area contributed by atoms with Crippen LogP contribution in [0.1, 0.15) is 78.1 Å². The molecule has 4 saturated carbocycles. The second kappa shape index (κ2) is 6.12. The molecule has 0 aromatic heterocycles. The average molecular weight is 385 g/mol. The molecular formula is C23H35F3O. The molecule has 0 spiro atoms. The van der Waals surface area contributed by atoms with Gasteiger partial charge in [0.1, 0.15) is 0 Å². The van der Waals surface area contributed by atoms with Crippen molar-refractivity contribution in [2.24, 2.45) is 46.3 Å². The third-order valence-electron chi connectivity index (χ3n) is 10.3. The van der Waals surface area contributed by atoms with Crippen LogP contribution in [0.4, 0.5) is 13.2 Å². The highest BCUT2D eigenvalue weighted by molar-refractivity contribution is 5.09. The van der Waals surface area contributed by atoms with Crippen LogP contribution in [0.5, 0.6) is 0 Å². The molecule has 0 aromatic carbocycles. The molecule has 1 aliphatic heterocycles. The molecule has 9 atom stereocenters. The van der Waals surface area contributed by atoms with Crippen LogP contribution in [0.2, 0.25) is 0 Å². The molecule has 1 nitrogen and oxygen atoms in total. The van der Waals surface area contributed by atoms with Crippen LogP contribution in [0, 0.1) is 46.3 Å². The van der Waals surface area contributed by atoms with Crippen LogP contribution < -0.4 is 0 Å². The van der Waals surface area contributed by atoms with Gasteiger partial charge in [0, 0.05) is 0 Å². The minimum absolute atomic E-state index is 0.156. The van der Waals surface area contributed by atoms with Gasteiger partial charge in [-0.05, 0) is 105 Å². The smallest absolute Gasteiger partial charge is 0.373 e. The fraction of sp³-hybridized carbons (Fsp3) is 1.00. The Labute approximate surface area is 161 Å². The molecule has 0 aromatic rings. The van der Waals surface area contributed by atoms with Crippen molar-refractivity contribution in [3.63, 3.8) is 0 Å². The molecule has 27 heavy (non-hydrogen) atoms. The first-order valence-electron chi connectivity index (χ1n) is 11.4.